The van der Waals surface area contributed by atoms with E-state index in [9.17, 15) is 0 Å². The van der Waals surface area contributed by atoms with Crippen molar-refractivity contribution in [1.82, 2.24) is 10.3 Å². The van der Waals surface area contributed by atoms with E-state index in [1.54, 1.807) is 0 Å². The molecule has 0 amide bonds. The number of halogens is 2. The van der Waals surface area contributed by atoms with Gasteiger partial charge in [0.15, 0.2) is 0 Å². The molecule has 0 bridgehead atoms. The van der Waals surface area contributed by atoms with Crippen LogP contribution in [0.4, 0.5) is 0 Å². The molecule has 124 valence electrons. The van der Waals surface area contributed by atoms with Crippen molar-refractivity contribution in [3.05, 3.63) is 49.4 Å². The van der Waals surface area contributed by atoms with Gasteiger partial charge in [-0.05, 0) is 55.3 Å². The number of nitrogens with one attached hydrogen (secondary N) is 1. The first-order valence-corrected chi connectivity index (χ1v) is 9.62. The van der Waals surface area contributed by atoms with Gasteiger partial charge in [-0.1, -0.05) is 43.1 Å². The van der Waals surface area contributed by atoms with E-state index in [0.29, 0.717) is 15.5 Å². The van der Waals surface area contributed by atoms with Crippen LogP contribution in [0.3, 0.4) is 0 Å². The molecule has 0 aliphatic heterocycles. The van der Waals surface area contributed by atoms with E-state index in [1.807, 2.05) is 29.5 Å². The summed E-state index contributed by atoms with van der Waals surface area (Å²) in [6.07, 6.45) is 4.48. The van der Waals surface area contributed by atoms with Gasteiger partial charge in [0.2, 0.25) is 0 Å². The molecule has 0 atom stereocenters. The van der Waals surface area contributed by atoms with E-state index in [1.165, 1.54) is 34.0 Å². The third kappa shape index (κ3) is 4.48. The van der Waals surface area contributed by atoms with E-state index in [-0.39, 0.29) is 0 Å². The average molecular weight is 369 g/mol. The molecule has 0 saturated carbocycles. The second-order valence-corrected chi connectivity index (χ2v) is 8.98. The maximum Gasteiger partial charge on any atom is 0.107 e. The van der Waals surface area contributed by atoms with Crippen LogP contribution in [-0.4, -0.2) is 11.5 Å². The lowest BCUT2D eigenvalue weighted by molar-refractivity contribution is 0.316. The van der Waals surface area contributed by atoms with Gasteiger partial charge in [-0.15, -0.1) is 11.3 Å². The van der Waals surface area contributed by atoms with Gasteiger partial charge in [-0.3, -0.25) is 0 Å². The third-order valence-electron chi connectivity index (χ3n) is 4.35. The minimum Gasteiger partial charge on any atom is -0.310 e. The summed E-state index contributed by atoms with van der Waals surface area (Å²) in [5, 5.41) is 5.93. The number of aromatic nitrogens is 1. The molecule has 0 spiro atoms. The molecular weight excluding hydrogens is 347 g/mol. The number of fused-ring (bicyclic) bond motifs is 1. The average Bonchev–Trinajstić information content (AvgIpc) is 2.88. The Morgan fingerprint density at radius 1 is 1.26 bits per heavy atom. The Hall–Kier alpha value is -0.610. The number of thiazole rings is 1. The summed E-state index contributed by atoms with van der Waals surface area (Å²) in [4.78, 5) is 6.29. The van der Waals surface area contributed by atoms with Crippen LogP contribution in [0.5, 0.6) is 0 Å². The number of benzene rings is 1. The van der Waals surface area contributed by atoms with Gasteiger partial charge >= 0.3 is 0 Å². The zero-order valence-electron chi connectivity index (χ0n) is 13.6. The molecule has 23 heavy (non-hydrogen) atoms. The first-order valence-electron chi connectivity index (χ1n) is 8.05. The predicted octanol–water partition coefficient (Wildman–Crippen LogP) is 5.30. The molecule has 1 N–H and O–H groups in total. The zero-order valence-corrected chi connectivity index (χ0v) is 15.9. The van der Waals surface area contributed by atoms with Crippen molar-refractivity contribution in [3.8, 4) is 0 Å². The molecule has 1 aliphatic rings. The molecular formula is C18H22Cl2N2S. The smallest absolute Gasteiger partial charge is 0.107 e. The van der Waals surface area contributed by atoms with Crippen LogP contribution in [0.25, 0.3) is 0 Å². The molecule has 3 rings (SSSR count). The van der Waals surface area contributed by atoms with Crippen molar-refractivity contribution in [2.75, 3.05) is 6.54 Å². The molecule has 0 saturated heterocycles. The normalized spacial score (nSPS) is 16.3. The number of hydrogen-bond donors (Lipinski definition) is 1. The first kappa shape index (κ1) is 17.2. The van der Waals surface area contributed by atoms with Crippen LogP contribution < -0.4 is 5.32 Å². The molecule has 1 aromatic carbocycles. The standard InChI is InChI=1S/C18H22Cl2N2S/c1-18(2)7-5-15-16(10-18)23-17(22-15)11-21-8-6-12-3-4-13(19)14(20)9-12/h3-4,9,21H,5-8,10-11H2,1-2H3. The first-order chi connectivity index (χ1) is 10.9. The van der Waals surface area contributed by atoms with Crippen LogP contribution in [0.1, 0.15) is 41.4 Å². The highest BCUT2D eigenvalue weighted by Crippen LogP contribution is 2.37. The summed E-state index contributed by atoms with van der Waals surface area (Å²) < 4.78 is 0. The third-order valence-corrected chi connectivity index (χ3v) is 6.19. The molecule has 1 aliphatic carbocycles. The Labute approximate surface area is 152 Å². The fourth-order valence-electron chi connectivity index (χ4n) is 2.95. The summed E-state index contributed by atoms with van der Waals surface area (Å²) in [5.74, 6) is 0. The fourth-order valence-corrected chi connectivity index (χ4v) is 4.61. The second kappa shape index (κ2) is 7.10. The number of nitrogens with zero attached hydrogens (tertiary/aromatic N) is 1. The SMILES string of the molecule is CC1(C)CCc2nc(CNCCc3ccc(Cl)c(Cl)c3)sc2C1. The van der Waals surface area contributed by atoms with Crippen LogP contribution in [0.15, 0.2) is 18.2 Å². The minimum atomic E-state index is 0.429. The van der Waals surface area contributed by atoms with Crippen molar-refractivity contribution in [2.24, 2.45) is 5.41 Å². The van der Waals surface area contributed by atoms with Crippen LogP contribution in [0.2, 0.25) is 10.0 Å². The predicted molar refractivity (Wildman–Crippen MR) is 99.8 cm³/mol. The van der Waals surface area contributed by atoms with Crippen molar-refractivity contribution < 1.29 is 0 Å². The molecule has 2 aromatic rings. The summed E-state index contributed by atoms with van der Waals surface area (Å²) in [6.45, 7) is 6.46. The van der Waals surface area contributed by atoms with Gasteiger partial charge in [0.25, 0.3) is 0 Å². The van der Waals surface area contributed by atoms with Gasteiger partial charge < -0.3 is 5.32 Å². The summed E-state index contributed by atoms with van der Waals surface area (Å²) in [6, 6.07) is 5.83. The van der Waals surface area contributed by atoms with Crippen molar-refractivity contribution >= 4 is 34.5 Å². The molecule has 1 heterocycles. The van der Waals surface area contributed by atoms with Crippen molar-refractivity contribution in [2.45, 2.75) is 46.1 Å². The van der Waals surface area contributed by atoms with Crippen molar-refractivity contribution in [1.29, 1.82) is 0 Å². The minimum absolute atomic E-state index is 0.429. The maximum absolute atomic E-state index is 6.04. The summed E-state index contributed by atoms with van der Waals surface area (Å²) in [7, 11) is 0. The van der Waals surface area contributed by atoms with Crippen LogP contribution in [-0.2, 0) is 25.8 Å². The van der Waals surface area contributed by atoms with Crippen molar-refractivity contribution in [3.63, 3.8) is 0 Å². The topological polar surface area (TPSA) is 24.9 Å². The van der Waals surface area contributed by atoms with Gasteiger partial charge in [-0.25, -0.2) is 4.98 Å². The molecule has 2 nitrogen and oxygen atoms in total. The van der Waals surface area contributed by atoms with E-state index >= 15 is 0 Å². The maximum atomic E-state index is 6.04. The van der Waals surface area contributed by atoms with E-state index in [4.69, 9.17) is 28.2 Å². The van der Waals surface area contributed by atoms with E-state index in [0.717, 1.165) is 25.9 Å². The molecule has 0 radical (unpaired) electrons. The van der Waals surface area contributed by atoms with E-state index in [2.05, 4.69) is 19.2 Å². The summed E-state index contributed by atoms with van der Waals surface area (Å²) in [5.41, 5.74) is 2.96. The fraction of sp³-hybridized carbons (Fsp3) is 0.500. The Morgan fingerprint density at radius 2 is 2.09 bits per heavy atom. The Bertz CT molecular complexity index is 694. The highest BCUT2D eigenvalue weighted by molar-refractivity contribution is 7.11. The lowest BCUT2D eigenvalue weighted by Crippen LogP contribution is -2.21. The largest absolute Gasteiger partial charge is 0.310 e. The number of hydrogen-bond acceptors (Lipinski definition) is 3. The van der Waals surface area contributed by atoms with E-state index < -0.39 is 0 Å². The van der Waals surface area contributed by atoms with Crippen LogP contribution in [0, 0.1) is 5.41 Å². The Kier molecular flexibility index (Phi) is 5.32. The zero-order chi connectivity index (χ0) is 16.4. The molecule has 1 aromatic heterocycles. The highest BCUT2D eigenvalue weighted by Gasteiger charge is 2.27. The quantitative estimate of drug-likeness (QED) is 0.724. The van der Waals surface area contributed by atoms with Gasteiger partial charge in [0.05, 0.1) is 15.7 Å². The van der Waals surface area contributed by atoms with Gasteiger partial charge in [0.1, 0.15) is 5.01 Å². The number of rotatable bonds is 5. The second-order valence-electron chi connectivity index (χ2n) is 6.99. The monoisotopic (exact) mass is 368 g/mol. The Morgan fingerprint density at radius 3 is 2.87 bits per heavy atom. The Balaban J connectivity index is 1.50. The highest BCUT2D eigenvalue weighted by atomic mass is 35.5. The molecule has 0 unspecified atom stereocenters. The van der Waals surface area contributed by atoms with Gasteiger partial charge in [-0.2, -0.15) is 0 Å². The molecule has 5 heteroatoms. The van der Waals surface area contributed by atoms with Crippen LogP contribution >= 0.6 is 34.5 Å². The summed E-state index contributed by atoms with van der Waals surface area (Å²) >= 11 is 13.9. The lowest BCUT2D eigenvalue weighted by atomic mass is 9.79. The van der Waals surface area contributed by atoms with Gasteiger partial charge in [0, 0.05) is 11.4 Å². The number of aryl methyl sites for hydroxylation is 1. The molecule has 0 fully saturated rings. The lowest BCUT2D eigenvalue weighted by Gasteiger charge is -2.28.